The SMILES string of the molecule is OCCN1CCN(c2nc(Nc3ccc(CNc4ccccc4)cn3)nc(-c3ccccc3)n2)CC1. The molecule has 1 fully saturated rings. The van der Waals surface area contributed by atoms with Crippen molar-refractivity contribution < 1.29 is 5.11 Å². The second kappa shape index (κ2) is 11.6. The molecule has 0 saturated carbocycles. The molecule has 0 atom stereocenters. The lowest BCUT2D eigenvalue weighted by molar-refractivity contribution is 0.188. The largest absolute Gasteiger partial charge is 0.395 e. The number of β-amino-alcohol motifs (C(OH)–C–C–N with tert-alkyl or cyclic N) is 1. The van der Waals surface area contributed by atoms with Gasteiger partial charge in [-0.3, -0.25) is 4.90 Å². The first-order valence-electron chi connectivity index (χ1n) is 12.2. The molecule has 9 nitrogen and oxygen atoms in total. The van der Waals surface area contributed by atoms with Crippen molar-refractivity contribution in [2.24, 2.45) is 0 Å². The van der Waals surface area contributed by atoms with Crippen LogP contribution in [0.3, 0.4) is 0 Å². The Morgan fingerprint density at radius 3 is 2.25 bits per heavy atom. The van der Waals surface area contributed by atoms with Crippen LogP contribution in [0.1, 0.15) is 5.56 Å². The van der Waals surface area contributed by atoms with Gasteiger partial charge in [0.1, 0.15) is 5.82 Å². The molecular weight excluding hydrogens is 452 g/mol. The van der Waals surface area contributed by atoms with Crippen LogP contribution in [0.15, 0.2) is 79.0 Å². The second-order valence-corrected chi connectivity index (χ2v) is 8.60. The van der Waals surface area contributed by atoms with Crippen molar-refractivity contribution >= 4 is 23.4 Å². The maximum atomic E-state index is 9.23. The summed E-state index contributed by atoms with van der Waals surface area (Å²) in [5, 5.41) is 15.9. The van der Waals surface area contributed by atoms with E-state index in [1.54, 1.807) is 0 Å². The summed E-state index contributed by atoms with van der Waals surface area (Å²) in [5.41, 5.74) is 3.08. The summed E-state index contributed by atoms with van der Waals surface area (Å²) < 4.78 is 0. The number of piperazine rings is 1. The molecule has 2 aromatic heterocycles. The van der Waals surface area contributed by atoms with Gasteiger partial charge in [0.25, 0.3) is 0 Å². The summed E-state index contributed by atoms with van der Waals surface area (Å²) >= 11 is 0. The lowest BCUT2D eigenvalue weighted by atomic mass is 10.2. The van der Waals surface area contributed by atoms with E-state index in [-0.39, 0.29) is 6.61 Å². The summed E-state index contributed by atoms with van der Waals surface area (Å²) in [6, 6.07) is 24.0. The second-order valence-electron chi connectivity index (χ2n) is 8.60. The van der Waals surface area contributed by atoms with E-state index in [1.165, 1.54) is 0 Å². The Labute approximate surface area is 210 Å². The van der Waals surface area contributed by atoms with Crippen molar-refractivity contribution in [1.82, 2.24) is 24.8 Å². The third-order valence-corrected chi connectivity index (χ3v) is 6.06. The number of hydrogen-bond donors (Lipinski definition) is 3. The quantitative estimate of drug-likeness (QED) is 0.331. The zero-order valence-corrected chi connectivity index (χ0v) is 20.1. The highest BCUT2D eigenvalue weighted by Crippen LogP contribution is 2.22. The van der Waals surface area contributed by atoms with E-state index in [0.29, 0.717) is 36.6 Å². The average Bonchev–Trinajstić information content (AvgIpc) is 2.94. The zero-order chi connectivity index (χ0) is 24.6. The number of aliphatic hydroxyl groups is 1. The number of hydrogen-bond acceptors (Lipinski definition) is 9. The standard InChI is InChI=1S/C27H30N8O/c36-18-17-34-13-15-35(16-14-34)27-32-25(22-7-3-1-4-8-22)31-26(33-27)30-24-12-11-21(20-29-24)19-28-23-9-5-2-6-10-23/h1-12,20,28,36H,13-19H2,(H,29,30,31,32,33). The van der Waals surface area contributed by atoms with Gasteiger partial charge in [-0.15, -0.1) is 0 Å². The Morgan fingerprint density at radius 1 is 0.806 bits per heavy atom. The lowest BCUT2D eigenvalue weighted by Gasteiger charge is -2.34. The summed E-state index contributed by atoms with van der Waals surface area (Å²) in [4.78, 5) is 23.1. The summed E-state index contributed by atoms with van der Waals surface area (Å²) in [5.74, 6) is 2.38. The first-order chi connectivity index (χ1) is 17.8. The molecule has 1 saturated heterocycles. The van der Waals surface area contributed by atoms with Crippen molar-refractivity contribution in [3.05, 3.63) is 84.6 Å². The van der Waals surface area contributed by atoms with Gasteiger partial charge in [0, 0.05) is 56.7 Å². The molecular formula is C27H30N8O. The Morgan fingerprint density at radius 2 is 1.56 bits per heavy atom. The molecule has 4 aromatic rings. The summed E-state index contributed by atoms with van der Waals surface area (Å²) in [6.07, 6.45) is 1.85. The van der Waals surface area contributed by atoms with E-state index >= 15 is 0 Å². The van der Waals surface area contributed by atoms with Gasteiger partial charge in [-0.1, -0.05) is 54.6 Å². The number of pyridine rings is 1. The molecule has 0 spiro atoms. The minimum absolute atomic E-state index is 0.173. The number of para-hydroxylation sites is 1. The predicted octanol–water partition coefficient (Wildman–Crippen LogP) is 3.40. The number of aliphatic hydroxyl groups excluding tert-OH is 1. The molecule has 36 heavy (non-hydrogen) atoms. The maximum absolute atomic E-state index is 9.23. The van der Waals surface area contributed by atoms with Crippen molar-refractivity contribution in [1.29, 1.82) is 0 Å². The Balaban J connectivity index is 1.32. The van der Waals surface area contributed by atoms with Crippen molar-refractivity contribution in [3.8, 4) is 11.4 Å². The molecule has 0 radical (unpaired) electrons. The molecule has 9 heteroatoms. The number of benzene rings is 2. The highest BCUT2D eigenvalue weighted by molar-refractivity contribution is 5.60. The van der Waals surface area contributed by atoms with Crippen molar-refractivity contribution in [3.63, 3.8) is 0 Å². The smallest absolute Gasteiger partial charge is 0.233 e. The minimum atomic E-state index is 0.173. The molecule has 0 amide bonds. The minimum Gasteiger partial charge on any atom is -0.395 e. The molecule has 0 aliphatic carbocycles. The molecule has 0 bridgehead atoms. The van der Waals surface area contributed by atoms with Crippen LogP contribution in [0.2, 0.25) is 0 Å². The van der Waals surface area contributed by atoms with Crippen LogP contribution in [0.5, 0.6) is 0 Å². The van der Waals surface area contributed by atoms with Gasteiger partial charge in [0.2, 0.25) is 11.9 Å². The molecule has 1 aliphatic rings. The number of aromatic nitrogens is 4. The number of rotatable bonds is 9. The molecule has 184 valence electrons. The van der Waals surface area contributed by atoms with Gasteiger partial charge in [0.15, 0.2) is 5.82 Å². The van der Waals surface area contributed by atoms with Gasteiger partial charge in [0.05, 0.1) is 6.61 Å². The van der Waals surface area contributed by atoms with Crippen molar-refractivity contribution in [2.45, 2.75) is 6.54 Å². The number of nitrogens with zero attached hydrogens (tertiary/aromatic N) is 6. The summed E-state index contributed by atoms with van der Waals surface area (Å²) in [7, 11) is 0. The van der Waals surface area contributed by atoms with E-state index < -0.39 is 0 Å². The van der Waals surface area contributed by atoms with E-state index in [9.17, 15) is 5.11 Å². The highest BCUT2D eigenvalue weighted by Gasteiger charge is 2.20. The average molecular weight is 483 g/mol. The lowest BCUT2D eigenvalue weighted by Crippen LogP contribution is -2.47. The van der Waals surface area contributed by atoms with Crippen LogP contribution in [0.25, 0.3) is 11.4 Å². The van der Waals surface area contributed by atoms with Crippen LogP contribution >= 0.6 is 0 Å². The van der Waals surface area contributed by atoms with Gasteiger partial charge in [-0.25, -0.2) is 4.98 Å². The maximum Gasteiger partial charge on any atom is 0.233 e. The fourth-order valence-corrected chi connectivity index (χ4v) is 4.07. The molecule has 3 N–H and O–H groups in total. The van der Waals surface area contributed by atoms with Gasteiger partial charge in [-0.05, 0) is 23.8 Å². The van der Waals surface area contributed by atoms with Crippen LogP contribution < -0.4 is 15.5 Å². The highest BCUT2D eigenvalue weighted by atomic mass is 16.3. The first-order valence-corrected chi connectivity index (χ1v) is 12.2. The third kappa shape index (κ3) is 6.12. The molecule has 1 aliphatic heterocycles. The fraction of sp³-hybridized carbons (Fsp3) is 0.259. The fourth-order valence-electron chi connectivity index (χ4n) is 4.07. The first kappa shape index (κ1) is 23.7. The Hall–Kier alpha value is -4.08. The van der Waals surface area contributed by atoms with Gasteiger partial charge < -0.3 is 20.6 Å². The van der Waals surface area contributed by atoms with E-state index in [1.807, 2.05) is 79.0 Å². The van der Waals surface area contributed by atoms with Crippen LogP contribution in [0, 0.1) is 0 Å². The number of anilines is 4. The van der Waals surface area contributed by atoms with Crippen LogP contribution in [-0.2, 0) is 6.54 Å². The Kier molecular flexibility index (Phi) is 7.60. The number of nitrogens with one attached hydrogen (secondary N) is 2. The summed E-state index contributed by atoms with van der Waals surface area (Å²) in [6.45, 7) is 4.85. The monoisotopic (exact) mass is 482 g/mol. The van der Waals surface area contributed by atoms with E-state index in [0.717, 1.165) is 43.0 Å². The van der Waals surface area contributed by atoms with E-state index in [2.05, 4.69) is 30.4 Å². The molecule has 0 unspecified atom stereocenters. The normalized spacial score (nSPS) is 14.0. The van der Waals surface area contributed by atoms with Crippen LogP contribution in [-0.4, -0.2) is 69.3 Å². The van der Waals surface area contributed by atoms with Crippen molar-refractivity contribution in [2.75, 3.05) is 54.9 Å². The third-order valence-electron chi connectivity index (χ3n) is 6.06. The Bertz CT molecular complexity index is 1230. The van der Waals surface area contributed by atoms with E-state index in [4.69, 9.17) is 9.97 Å². The predicted molar refractivity (Wildman–Crippen MR) is 142 cm³/mol. The van der Waals surface area contributed by atoms with Gasteiger partial charge in [-0.2, -0.15) is 15.0 Å². The topological polar surface area (TPSA) is 102 Å². The molecule has 5 rings (SSSR count). The van der Waals surface area contributed by atoms with Crippen LogP contribution in [0.4, 0.5) is 23.4 Å². The van der Waals surface area contributed by atoms with Gasteiger partial charge >= 0.3 is 0 Å². The zero-order valence-electron chi connectivity index (χ0n) is 20.1. The molecule has 2 aromatic carbocycles. The molecule has 3 heterocycles.